The summed E-state index contributed by atoms with van der Waals surface area (Å²) in [7, 11) is 0. The summed E-state index contributed by atoms with van der Waals surface area (Å²) < 4.78 is 0. The van der Waals surface area contributed by atoms with Gasteiger partial charge >= 0.3 is 0 Å². The third-order valence-corrected chi connectivity index (χ3v) is 6.07. The average Bonchev–Trinajstić information content (AvgIpc) is 2.48. The van der Waals surface area contributed by atoms with E-state index in [1.807, 2.05) is 0 Å². The number of unbranched alkanes of at least 4 members (excludes halogenated alkanes) is 1. The first-order valence-corrected chi connectivity index (χ1v) is 10.1. The molecule has 0 aromatic rings. The largest absolute Gasteiger partial charge is 0.396 e. The molecule has 2 aliphatic carbocycles. The van der Waals surface area contributed by atoms with Gasteiger partial charge in [0.05, 0.1) is 6.61 Å². The van der Waals surface area contributed by atoms with Crippen LogP contribution in [-0.2, 0) is 0 Å². The van der Waals surface area contributed by atoms with Crippen LogP contribution in [0.4, 0.5) is 0 Å². The predicted octanol–water partition coefficient (Wildman–Crippen LogP) is 1.46. The van der Waals surface area contributed by atoms with Crippen LogP contribution in [0.1, 0.15) is 57.8 Å². The molecule has 0 heterocycles. The molecule has 142 valence electrons. The Kier molecular flexibility index (Phi) is 9.57. The summed E-state index contributed by atoms with van der Waals surface area (Å²) in [5.41, 5.74) is 0. The lowest BCUT2D eigenvalue weighted by molar-refractivity contribution is 0.0635. The zero-order valence-corrected chi connectivity index (χ0v) is 15.3. The molecule has 0 aromatic carbocycles. The molecule has 5 heteroatoms. The Bertz CT molecular complexity index is 318. The van der Waals surface area contributed by atoms with E-state index in [2.05, 4.69) is 9.80 Å². The van der Waals surface area contributed by atoms with Crippen molar-refractivity contribution >= 4 is 0 Å². The van der Waals surface area contributed by atoms with Gasteiger partial charge in [0.15, 0.2) is 0 Å². The van der Waals surface area contributed by atoms with Gasteiger partial charge in [-0.1, -0.05) is 19.3 Å². The van der Waals surface area contributed by atoms with Gasteiger partial charge in [0.2, 0.25) is 0 Å². The topological polar surface area (TPSA) is 67.2 Å². The van der Waals surface area contributed by atoms with Gasteiger partial charge in [-0.15, -0.1) is 0 Å². The zero-order valence-electron chi connectivity index (χ0n) is 15.3. The molecule has 24 heavy (non-hydrogen) atoms. The van der Waals surface area contributed by atoms with Gasteiger partial charge in [-0.05, 0) is 45.1 Å². The van der Waals surface area contributed by atoms with Crippen molar-refractivity contribution in [2.75, 3.05) is 46.0 Å². The van der Waals surface area contributed by atoms with Gasteiger partial charge < -0.3 is 15.3 Å². The van der Waals surface area contributed by atoms with Crippen molar-refractivity contribution in [3.63, 3.8) is 0 Å². The maximum atomic E-state index is 9.31. The van der Waals surface area contributed by atoms with Gasteiger partial charge in [0.1, 0.15) is 0 Å². The van der Waals surface area contributed by atoms with Gasteiger partial charge in [-0.2, -0.15) is 0 Å². The molecular weight excluding hydrogens is 304 g/mol. The van der Waals surface area contributed by atoms with E-state index in [4.69, 9.17) is 10.2 Å². The fourth-order valence-corrected chi connectivity index (χ4v) is 3.83. The van der Waals surface area contributed by atoms with Crippen LogP contribution in [0.5, 0.6) is 0 Å². The zero-order chi connectivity index (χ0) is 17.2. The maximum Gasteiger partial charge on any atom is 0.0558 e. The fraction of sp³-hybridized carbons (Fsp3) is 1.00. The monoisotopic (exact) mass is 342 g/mol. The molecule has 5 nitrogen and oxygen atoms in total. The Labute approximate surface area is 147 Å². The molecule has 0 amide bonds. The van der Waals surface area contributed by atoms with Crippen LogP contribution < -0.4 is 0 Å². The number of aliphatic hydroxyl groups is 3. The van der Waals surface area contributed by atoms with Gasteiger partial charge in [-0.3, -0.25) is 9.80 Å². The molecule has 2 rings (SSSR count). The number of aliphatic hydroxyl groups excluding tert-OH is 3. The normalized spacial score (nSPS) is 19.2. The minimum absolute atomic E-state index is 0.0563. The minimum Gasteiger partial charge on any atom is -0.396 e. The molecule has 2 saturated carbocycles. The van der Waals surface area contributed by atoms with Crippen LogP contribution in [0.15, 0.2) is 0 Å². The molecule has 0 spiro atoms. The highest BCUT2D eigenvalue weighted by Gasteiger charge is 2.28. The highest BCUT2D eigenvalue weighted by Crippen LogP contribution is 2.27. The van der Waals surface area contributed by atoms with Crippen LogP contribution >= 0.6 is 0 Å². The first-order valence-electron chi connectivity index (χ1n) is 10.1. The molecule has 3 N–H and O–H groups in total. The standard InChI is InChI=1S/C19H38N2O3/c22-14-13-21(19-8-4-9-19)12-11-20(18-6-3-7-18)10-2-1-5-17(15-23)16-24/h17-19,22-24H,1-16H2. The van der Waals surface area contributed by atoms with E-state index < -0.39 is 0 Å². The summed E-state index contributed by atoms with van der Waals surface area (Å²) in [6, 6.07) is 1.46. The Morgan fingerprint density at radius 2 is 1.25 bits per heavy atom. The first-order chi connectivity index (χ1) is 11.8. The Balaban J connectivity index is 1.69. The van der Waals surface area contributed by atoms with Crippen molar-refractivity contribution in [3.8, 4) is 0 Å². The van der Waals surface area contributed by atoms with Crippen molar-refractivity contribution in [2.24, 2.45) is 5.92 Å². The molecule has 0 aliphatic heterocycles. The maximum absolute atomic E-state index is 9.31. The van der Waals surface area contributed by atoms with E-state index in [0.29, 0.717) is 6.04 Å². The van der Waals surface area contributed by atoms with E-state index in [1.165, 1.54) is 38.5 Å². The van der Waals surface area contributed by atoms with E-state index in [1.54, 1.807) is 0 Å². The van der Waals surface area contributed by atoms with Crippen LogP contribution in [0, 0.1) is 5.92 Å². The second kappa shape index (κ2) is 11.4. The van der Waals surface area contributed by atoms with E-state index >= 15 is 0 Å². The highest BCUT2D eigenvalue weighted by atomic mass is 16.3. The van der Waals surface area contributed by atoms with Crippen molar-refractivity contribution in [1.29, 1.82) is 0 Å². The summed E-state index contributed by atoms with van der Waals surface area (Å²) in [6.45, 7) is 4.61. The first kappa shape index (κ1) is 20.1. The van der Waals surface area contributed by atoms with Crippen molar-refractivity contribution in [3.05, 3.63) is 0 Å². The third-order valence-electron chi connectivity index (χ3n) is 6.07. The molecule has 0 bridgehead atoms. The second-order valence-electron chi connectivity index (χ2n) is 7.69. The fourth-order valence-electron chi connectivity index (χ4n) is 3.83. The van der Waals surface area contributed by atoms with E-state index in [-0.39, 0.29) is 25.7 Å². The molecule has 0 unspecified atom stereocenters. The van der Waals surface area contributed by atoms with Crippen molar-refractivity contribution < 1.29 is 15.3 Å². The van der Waals surface area contributed by atoms with Gasteiger partial charge in [-0.25, -0.2) is 0 Å². The van der Waals surface area contributed by atoms with E-state index in [0.717, 1.165) is 51.5 Å². The summed E-state index contributed by atoms with van der Waals surface area (Å²) >= 11 is 0. The number of hydrogen-bond donors (Lipinski definition) is 3. The summed E-state index contributed by atoms with van der Waals surface area (Å²) in [6.07, 6.45) is 11.1. The predicted molar refractivity (Wildman–Crippen MR) is 97.0 cm³/mol. The lowest BCUT2D eigenvalue weighted by Crippen LogP contribution is -2.49. The molecule has 2 aliphatic rings. The number of rotatable bonds is 14. The Hall–Kier alpha value is -0.200. The quantitative estimate of drug-likeness (QED) is 0.417. The van der Waals surface area contributed by atoms with Gasteiger partial charge in [0.25, 0.3) is 0 Å². The van der Waals surface area contributed by atoms with Crippen molar-refractivity contribution in [2.45, 2.75) is 69.9 Å². The molecule has 0 saturated heterocycles. The molecule has 0 atom stereocenters. The van der Waals surface area contributed by atoms with Crippen LogP contribution in [0.25, 0.3) is 0 Å². The molecule has 0 aromatic heterocycles. The highest BCUT2D eigenvalue weighted by molar-refractivity contribution is 4.84. The van der Waals surface area contributed by atoms with Crippen LogP contribution in [-0.4, -0.2) is 83.2 Å². The lowest BCUT2D eigenvalue weighted by atomic mass is 9.90. The lowest BCUT2D eigenvalue weighted by Gasteiger charge is -2.42. The average molecular weight is 343 g/mol. The van der Waals surface area contributed by atoms with Crippen molar-refractivity contribution in [1.82, 2.24) is 9.80 Å². The summed E-state index contributed by atoms with van der Waals surface area (Å²) in [5, 5.41) is 27.6. The summed E-state index contributed by atoms with van der Waals surface area (Å²) in [4.78, 5) is 5.14. The molecule has 0 radical (unpaired) electrons. The summed E-state index contributed by atoms with van der Waals surface area (Å²) in [5.74, 6) is 0.0563. The number of hydrogen-bond acceptors (Lipinski definition) is 5. The second-order valence-corrected chi connectivity index (χ2v) is 7.69. The SMILES string of the molecule is OCCN(CCN(CCCCC(CO)CO)C1CCC1)C1CCC1. The molecular formula is C19H38N2O3. The van der Waals surface area contributed by atoms with Crippen LogP contribution in [0.2, 0.25) is 0 Å². The van der Waals surface area contributed by atoms with E-state index in [9.17, 15) is 5.11 Å². The van der Waals surface area contributed by atoms with Gasteiger partial charge in [0, 0.05) is 50.8 Å². The molecule has 2 fully saturated rings. The van der Waals surface area contributed by atoms with Crippen LogP contribution in [0.3, 0.4) is 0 Å². The number of nitrogens with zero attached hydrogens (tertiary/aromatic N) is 2. The Morgan fingerprint density at radius 3 is 1.67 bits per heavy atom. The minimum atomic E-state index is 0.0563. The Morgan fingerprint density at radius 1 is 0.708 bits per heavy atom. The third kappa shape index (κ3) is 6.26. The smallest absolute Gasteiger partial charge is 0.0558 e.